The Bertz CT molecular complexity index is 568. The van der Waals surface area contributed by atoms with Crippen molar-refractivity contribution in [3.63, 3.8) is 0 Å². The SMILES string of the molecule is Cc1ccc(C(C)Cc2nc(=S)[nH][nH]2)c(C)c1. The molecule has 0 bridgehead atoms. The van der Waals surface area contributed by atoms with Crippen LogP contribution in [0.4, 0.5) is 0 Å². The second kappa shape index (κ2) is 4.84. The average molecular weight is 247 g/mol. The number of H-pyrrole nitrogens is 2. The maximum absolute atomic E-state index is 4.95. The van der Waals surface area contributed by atoms with E-state index >= 15 is 0 Å². The maximum atomic E-state index is 4.95. The number of aromatic amines is 2. The Kier molecular flexibility index (Phi) is 3.43. The molecule has 4 heteroatoms. The molecule has 2 aromatic rings. The van der Waals surface area contributed by atoms with Gasteiger partial charge in [0, 0.05) is 6.42 Å². The Balaban J connectivity index is 2.19. The molecule has 1 aromatic carbocycles. The monoisotopic (exact) mass is 247 g/mol. The van der Waals surface area contributed by atoms with Gasteiger partial charge >= 0.3 is 0 Å². The Labute approximate surface area is 106 Å². The summed E-state index contributed by atoms with van der Waals surface area (Å²) in [5.74, 6) is 1.35. The summed E-state index contributed by atoms with van der Waals surface area (Å²) >= 11 is 4.95. The third-order valence-corrected chi connectivity index (χ3v) is 3.20. The molecule has 3 nitrogen and oxygen atoms in total. The molecule has 0 saturated heterocycles. The number of hydrogen-bond acceptors (Lipinski definition) is 2. The van der Waals surface area contributed by atoms with Crippen LogP contribution in [0.1, 0.15) is 35.4 Å². The van der Waals surface area contributed by atoms with Gasteiger partial charge in [0.1, 0.15) is 5.82 Å². The van der Waals surface area contributed by atoms with Crippen molar-refractivity contribution in [1.82, 2.24) is 15.2 Å². The summed E-state index contributed by atoms with van der Waals surface area (Å²) in [5, 5.41) is 5.82. The fourth-order valence-corrected chi connectivity index (χ4v) is 2.34. The maximum Gasteiger partial charge on any atom is 0.213 e. The van der Waals surface area contributed by atoms with Gasteiger partial charge in [0.05, 0.1) is 0 Å². The van der Waals surface area contributed by atoms with Crippen LogP contribution in [-0.4, -0.2) is 15.2 Å². The number of nitrogens with zero attached hydrogens (tertiary/aromatic N) is 1. The molecule has 0 spiro atoms. The van der Waals surface area contributed by atoms with Crippen molar-refractivity contribution in [2.45, 2.75) is 33.1 Å². The number of nitrogens with one attached hydrogen (secondary N) is 2. The number of rotatable bonds is 3. The Morgan fingerprint density at radius 3 is 2.65 bits per heavy atom. The highest BCUT2D eigenvalue weighted by atomic mass is 32.1. The minimum absolute atomic E-state index is 0.435. The molecule has 2 rings (SSSR count). The smallest absolute Gasteiger partial charge is 0.213 e. The summed E-state index contributed by atoms with van der Waals surface area (Å²) < 4.78 is 0.521. The normalized spacial score (nSPS) is 12.6. The Morgan fingerprint density at radius 2 is 2.06 bits per heavy atom. The molecule has 1 heterocycles. The first-order valence-corrected chi connectivity index (χ1v) is 6.18. The molecule has 0 saturated carbocycles. The lowest BCUT2D eigenvalue weighted by atomic mass is 9.92. The molecule has 1 atom stereocenters. The van der Waals surface area contributed by atoms with E-state index in [9.17, 15) is 0 Å². The van der Waals surface area contributed by atoms with Crippen molar-refractivity contribution in [2.75, 3.05) is 0 Å². The first-order chi connectivity index (χ1) is 8.06. The quantitative estimate of drug-likeness (QED) is 0.816. The Morgan fingerprint density at radius 1 is 1.29 bits per heavy atom. The predicted octanol–water partition coefficient (Wildman–Crippen LogP) is 3.43. The number of aryl methyl sites for hydroxylation is 2. The van der Waals surface area contributed by atoms with Crippen LogP contribution in [0.5, 0.6) is 0 Å². The number of aromatic nitrogens is 3. The second-order valence-corrected chi connectivity index (χ2v) is 4.97. The summed E-state index contributed by atoms with van der Waals surface area (Å²) in [4.78, 5) is 4.23. The number of benzene rings is 1. The molecule has 1 aromatic heterocycles. The van der Waals surface area contributed by atoms with E-state index in [2.05, 4.69) is 54.2 Å². The van der Waals surface area contributed by atoms with Crippen LogP contribution in [0.15, 0.2) is 18.2 Å². The molecule has 17 heavy (non-hydrogen) atoms. The molecule has 1 unspecified atom stereocenters. The highest BCUT2D eigenvalue weighted by Crippen LogP contribution is 2.23. The van der Waals surface area contributed by atoms with E-state index in [1.54, 1.807) is 0 Å². The molecule has 0 aliphatic rings. The zero-order valence-electron chi connectivity index (χ0n) is 10.4. The van der Waals surface area contributed by atoms with E-state index in [-0.39, 0.29) is 0 Å². The molecule has 0 aliphatic carbocycles. The van der Waals surface area contributed by atoms with Crippen molar-refractivity contribution in [3.05, 3.63) is 45.5 Å². The lowest BCUT2D eigenvalue weighted by Crippen LogP contribution is -2.02. The second-order valence-electron chi connectivity index (χ2n) is 4.58. The average Bonchev–Trinajstić information content (AvgIpc) is 2.63. The minimum Gasteiger partial charge on any atom is -0.286 e. The van der Waals surface area contributed by atoms with Gasteiger partial charge in [-0.1, -0.05) is 30.7 Å². The fraction of sp³-hybridized carbons (Fsp3) is 0.385. The standard InChI is InChI=1S/C13H17N3S/c1-8-4-5-11(9(2)6-8)10(3)7-12-14-13(17)16-15-12/h4-6,10H,7H2,1-3H3,(H2,14,15,16,17). The van der Waals surface area contributed by atoms with Crippen molar-refractivity contribution in [1.29, 1.82) is 0 Å². The van der Waals surface area contributed by atoms with E-state index < -0.39 is 0 Å². The van der Waals surface area contributed by atoms with Gasteiger partial charge in [-0.25, -0.2) is 4.98 Å². The van der Waals surface area contributed by atoms with Gasteiger partial charge in [-0.2, -0.15) is 0 Å². The molecule has 90 valence electrons. The van der Waals surface area contributed by atoms with E-state index in [1.807, 2.05) is 0 Å². The van der Waals surface area contributed by atoms with Gasteiger partial charge in [-0.05, 0) is 43.1 Å². The van der Waals surface area contributed by atoms with Crippen molar-refractivity contribution >= 4 is 12.2 Å². The summed E-state index contributed by atoms with van der Waals surface area (Å²) in [7, 11) is 0. The minimum atomic E-state index is 0.435. The summed E-state index contributed by atoms with van der Waals surface area (Å²) in [6.07, 6.45) is 0.872. The van der Waals surface area contributed by atoms with Crippen LogP contribution in [0.3, 0.4) is 0 Å². The summed E-state index contributed by atoms with van der Waals surface area (Å²) in [5.41, 5.74) is 4.02. The van der Waals surface area contributed by atoms with E-state index in [0.29, 0.717) is 10.7 Å². The van der Waals surface area contributed by atoms with Crippen LogP contribution in [0.2, 0.25) is 0 Å². The molecule has 0 fully saturated rings. The molecule has 0 radical (unpaired) electrons. The van der Waals surface area contributed by atoms with Crippen LogP contribution in [-0.2, 0) is 6.42 Å². The molecule has 0 aliphatic heterocycles. The van der Waals surface area contributed by atoms with E-state index in [4.69, 9.17) is 12.2 Å². The van der Waals surface area contributed by atoms with Crippen LogP contribution in [0, 0.1) is 18.6 Å². The molecular weight excluding hydrogens is 230 g/mol. The summed E-state index contributed by atoms with van der Waals surface area (Å²) in [6.45, 7) is 6.49. The first kappa shape index (κ1) is 12.0. The van der Waals surface area contributed by atoms with Gasteiger partial charge in [0.15, 0.2) is 0 Å². The van der Waals surface area contributed by atoms with Crippen LogP contribution >= 0.6 is 12.2 Å². The van der Waals surface area contributed by atoms with Crippen LogP contribution < -0.4 is 0 Å². The number of hydrogen-bond donors (Lipinski definition) is 2. The zero-order valence-corrected chi connectivity index (χ0v) is 11.2. The van der Waals surface area contributed by atoms with Crippen LogP contribution in [0.25, 0.3) is 0 Å². The van der Waals surface area contributed by atoms with Gasteiger partial charge in [-0.15, -0.1) is 0 Å². The largest absolute Gasteiger partial charge is 0.286 e. The highest BCUT2D eigenvalue weighted by Gasteiger charge is 2.11. The lowest BCUT2D eigenvalue weighted by Gasteiger charge is -2.13. The third kappa shape index (κ3) is 2.82. The van der Waals surface area contributed by atoms with Gasteiger partial charge in [0.2, 0.25) is 4.77 Å². The molecule has 2 N–H and O–H groups in total. The molecular formula is C13H17N3S. The van der Waals surface area contributed by atoms with Crippen molar-refractivity contribution < 1.29 is 0 Å². The first-order valence-electron chi connectivity index (χ1n) is 5.77. The van der Waals surface area contributed by atoms with Gasteiger partial charge in [0.25, 0.3) is 0 Å². The van der Waals surface area contributed by atoms with Crippen molar-refractivity contribution in [3.8, 4) is 0 Å². The summed E-state index contributed by atoms with van der Waals surface area (Å²) in [6, 6.07) is 6.58. The topological polar surface area (TPSA) is 44.5 Å². The van der Waals surface area contributed by atoms with Crippen molar-refractivity contribution in [2.24, 2.45) is 0 Å². The predicted molar refractivity (Wildman–Crippen MR) is 71.8 cm³/mol. The third-order valence-electron chi connectivity index (χ3n) is 3.01. The fourth-order valence-electron chi connectivity index (χ4n) is 2.18. The van der Waals surface area contributed by atoms with E-state index in [1.165, 1.54) is 16.7 Å². The van der Waals surface area contributed by atoms with Gasteiger partial charge in [-0.3, -0.25) is 10.2 Å². The highest BCUT2D eigenvalue weighted by molar-refractivity contribution is 7.71. The van der Waals surface area contributed by atoms with Gasteiger partial charge < -0.3 is 0 Å². The Hall–Kier alpha value is -1.42. The lowest BCUT2D eigenvalue weighted by molar-refractivity contribution is 0.716. The van der Waals surface area contributed by atoms with E-state index in [0.717, 1.165) is 12.2 Å². The zero-order chi connectivity index (χ0) is 12.4. The molecule has 0 amide bonds.